The van der Waals surface area contributed by atoms with Crippen molar-refractivity contribution in [2.75, 3.05) is 13.1 Å². The van der Waals surface area contributed by atoms with E-state index in [1.807, 2.05) is 0 Å². The lowest BCUT2D eigenvalue weighted by atomic mass is 10.0. The quantitative estimate of drug-likeness (QED) is 0.901. The van der Waals surface area contributed by atoms with Crippen LogP contribution < -0.4 is 0 Å². The second-order valence-corrected chi connectivity index (χ2v) is 7.63. The Bertz CT molecular complexity index is 554. The first kappa shape index (κ1) is 14.0. The molecule has 2 rings (SSSR count). The van der Waals surface area contributed by atoms with E-state index in [-0.39, 0.29) is 11.4 Å². The highest BCUT2D eigenvalue weighted by atomic mass is 79.9. The van der Waals surface area contributed by atoms with Gasteiger partial charge in [-0.05, 0) is 28.8 Å². The Morgan fingerprint density at radius 1 is 1.50 bits per heavy atom. The van der Waals surface area contributed by atoms with Crippen LogP contribution in [-0.4, -0.2) is 36.9 Å². The predicted octanol–water partition coefficient (Wildman–Crippen LogP) is 2.00. The van der Waals surface area contributed by atoms with E-state index in [0.29, 0.717) is 23.9 Å². The minimum Gasteiger partial charge on any atom is -0.481 e. The summed E-state index contributed by atoms with van der Waals surface area (Å²) in [6.07, 6.45) is 1.12. The highest BCUT2D eigenvalue weighted by Gasteiger charge is 2.34. The Hall–Kier alpha value is -0.440. The average molecular weight is 354 g/mol. The summed E-state index contributed by atoms with van der Waals surface area (Å²) >= 11 is 4.50. The van der Waals surface area contributed by atoms with Crippen molar-refractivity contribution in [1.82, 2.24) is 4.31 Å². The highest BCUT2D eigenvalue weighted by molar-refractivity contribution is 9.10. The van der Waals surface area contributed by atoms with Crippen LogP contribution in [0.4, 0.5) is 0 Å². The van der Waals surface area contributed by atoms with E-state index in [9.17, 15) is 13.2 Å². The fourth-order valence-electron chi connectivity index (χ4n) is 1.96. The summed E-state index contributed by atoms with van der Waals surface area (Å²) in [7, 11) is -3.58. The molecule has 1 atom stereocenters. The molecule has 0 amide bonds. The van der Waals surface area contributed by atoms with Crippen LogP contribution in [0.1, 0.15) is 12.8 Å². The first-order valence-corrected chi connectivity index (χ1v) is 8.55. The van der Waals surface area contributed by atoms with Gasteiger partial charge in [0.15, 0.2) is 0 Å². The van der Waals surface area contributed by atoms with Gasteiger partial charge in [-0.1, -0.05) is 0 Å². The monoisotopic (exact) mass is 353 g/mol. The van der Waals surface area contributed by atoms with Crippen molar-refractivity contribution in [3.8, 4) is 0 Å². The van der Waals surface area contributed by atoms with Crippen LogP contribution >= 0.6 is 27.3 Å². The van der Waals surface area contributed by atoms with Gasteiger partial charge in [0.1, 0.15) is 4.90 Å². The van der Waals surface area contributed by atoms with Crippen LogP contribution in [0.2, 0.25) is 0 Å². The number of thiophene rings is 1. The zero-order chi connectivity index (χ0) is 13.3. The summed E-state index contributed by atoms with van der Waals surface area (Å²) in [5.74, 6) is -1.54. The Morgan fingerprint density at radius 3 is 2.78 bits per heavy atom. The maximum atomic E-state index is 12.3. The molecule has 0 aliphatic carbocycles. The van der Waals surface area contributed by atoms with Crippen molar-refractivity contribution in [1.29, 1.82) is 0 Å². The number of carbonyl (C=O) groups is 1. The van der Waals surface area contributed by atoms with Crippen LogP contribution in [0.25, 0.3) is 0 Å². The predicted molar refractivity (Wildman–Crippen MR) is 71.1 cm³/mol. The van der Waals surface area contributed by atoms with Gasteiger partial charge in [0, 0.05) is 28.3 Å². The molecule has 0 saturated carbocycles. The minimum absolute atomic E-state index is 0.0555. The van der Waals surface area contributed by atoms with Crippen LogP contribution in [0.3, 0.4) is 0 Å². The highest BCUT2D eigenvalue weighted by Crippen LogP contribution is 2.31. The van der Waals surface area contributed by atoms with Gasteiger partial charge in [0.2, 0.25) is 10.0 Å². The van der Waals surface area contributed by atoms with Crippen LogP contribution in [-0.2, 0) is 14.8 Å². The Morgan fingerprint density at radius 2 is 2.22 bits per heavy atom. The summed E-state index contributed by atoms with van der Waals surface area (Å²) in [6, 6.07) is 0. The first-order valence-electron chi connectivity index (χ1n) is 5.37. The van der Waals surface area contributed by atoms with Gasteiger partial charge in [-0.2, -0.15) is 4.31 Å². The standard InChI is InChI=1S/C10H12BrNO4S2/c11-8-5-17-6-9(8)18(15,16)12-3-1-2-7(4-12)10(13)14/h5-7H,1-4H2,(H,13,14). The Balaban J connectivity index is 2.26. The summed E-state index contributed by atoms with van der Waals surface area (Å²) in [5.41, 5.74) is 0. The lowest BCUT2D eigenvalue weighted by Crippen LogP contribution is -2.42. The largest absolute Gasteiger partial charge is 0.481 e. The third-order valence-electron chi connectivity index (χ3n) is 2.93. The van der Waals surface area contributed by atoms with Gasteiger partial charge < -0.3 is 5.11 Å². The zero-order valence-corrected chi connectivity index (χ0v) is 12.6. The maximum absolute atomic E-state index is 12.3. The molecule has 1 aromatic rings. The number of hydrogen-bond acceptors (Lipinski definition) is 4. The molecule has 2 heterocycles. The molecule has 0 aromatic carbocycles. The van der Waals surface area contributed by atoms with Crippen molar-refractivity contribution in [2.24, 2.45) is 5.92 Å². The molecular formula is C10H12BrNO4S2. The molecular weight excluding hydrogens is 342 g/mol. The van der Waals surface area contributed by atoms with Crippen molar-refractivity contribution in [2.45, 2.75) is 17.7 Å². The van der Waals surface area contributed by atoms with Gasteiger partial charge in [0.25, 0.3) is 0 Å². The zero-order valence-electron chi connectivity index (χ0n) is 9.37. The van der Waals surface area contributed by atoms with Crippen LogP contribution in [0.5, 0.6) is 0 Å². The minimum atomic E-state index is -3.58. The average Bonchev–Trinajstić information content (AvgIpc) is 2.76. The third-order valence-corrected chi connectivity index (χ3v) is 6.95. The number of piperidine rings is 1. The normalized spacial score (nSPS) is 21.9. The van der Waals surface area contributed by atoms with Crippen LogP contribution in [0, 0.1) is 5.92 Å². The number of hydrogen-bond donors (Lipinski definition) is 1. The number of nitrogens with zero attached hydrogens (tertiary/aromatic N) is 1. The summed E-state index contributed by atoms with van der Waals surface area (Å²) in [6.45, 7) is 0.439. The number of carboxylic acid groups (broad SMARTS) is 1. The molecule has 1 aliphatic heterocycles. The molecule has 8 heteroatoms. The van der Waals surface area contributed by atoms with E-state index in [1.165, 1.54) is 15.6 Å². The van der Waals surface area contributed by atoms with Gasteiger partial charge >= 0.3 is 5.97 Å². The van der Waals surface area contributed by atoms with Crippen molar-refractivity contribution < 1.29 is 18.3 Å². The van der Waals surface area contributed by atoms with Gasteiger partial charge in [-0.3, -0.25) is 4.79 Å². The number of carboxylic acids is 1. The number of aliphatic carboxylic acids is 1. The van der Waals surface area contributed by atoms with Gasteiger partial charge in [-0.15, -0.1) is 11.3 Å². The Labute approximate surface area is 118 Å². The van der Waals surface area contributed by atoms with E-state index in [1.54, 1.807) is 10.8 Å². The van der Waals surface area contributed by atoms with Gasteiger partial charge in [-0.25, -0.2) is 8.42 Å². The molecule has 1 saturated heterocycles. The number of rotatable bonds is 3. The second-order valence-electron chi connectivity index (χ2n) is 4.12. The molecule has 1 aromatic heterocycles. The molecule has 0 spiro atoms. The van der Waals surface area contributed by atoms with Crippen molar-refractivity contribution in [3.05, 3.63) is 15.2 Å². The number of halogens is 1. The smallest absolute Gasteiger partial charge is 0.307 e. The lowest BCUT2D eigenvalue weighted by Gasteiger charge is -2.29. The van der Waals surface area contributed by atoms with E-state index in [2.05, 4.69) is 15.9 Å². The summed E-state index contributed by atoms with van der Waals surface area (Å²) < 4.78 is 26.5. The Kier molecular flexibility index (Phi) is 4.10. The topological polar surface area (TPSA) is 74.7 Å². The summed E-state index contributed by atoms with van der Waals surface area (Å²) in [4.78, 5) is 11.2. The number of sulfonamides is 1. The molecule has 0 bridgehead atoms. The fourth-order valence-corrected chi connectivity index (χ4v) is 5.78. The first-order chi connectivity index (χ1) is 8.43. The molecule has 0 radical (unpaired) electrons. The molecule has 1 unspecified atom stereocenters. The van der Waals surface area contributed by atoms with E-state index in [0.717, 1.165) is 0 Å². The van der Waals surface area contributed by atoms with E-state index >= 15 is 0 Å². The molecule has 1 fully saturated rings. The van der Waals surface area contributed by atoms with E-state index in [4.69, 9.17) is 5.11 Å². The maximum Gasteiger partial charge on any atom is 0.307 e. The van der Waals surface area contributed by atoms with Crippen molar-refractivity contribution in [3.63, 3.8) is 0 Å². The van der Waals surface area contributed by atoms with Gasteiger partial charge in [0.05, 0.1) is 5.92 Å². The molecule has 1 aliphatic rings. The van der Waals surface area contributed by atoms with Crippen LogP contribution in [0.15, 0.2) is 20.1 Å². The van der Waals surface area contributed by atoms with Crippen molar-refractivity contribution >= 4 is 43.3 Å². The molecule has 5 nitrogen and oxygen atoms in total. The molecule has 100 valence electrons. The fraction of sp³-hybridized carbons (Fsp3) is 0.500. The molecule has 18 heavy (non-hydrogen) atoms. The third kappa shape index (κ3) is 2.61. The SMILES string of the molecule is O=C(O)C1CCCN(S(=O)(=O)c2cscc2Br)C1. The summed E-state index contributed by atoms with van der Waals surface area (Å²) in [5, 5.41) is 12.2. The second kappa shape index (κ2) is 5.28. The molecule has 1 N–H and O–H groups in total. The lowest BCUT2D eigenvalue weighted by molar-refractivity contribution is -0.142. The van der Waals surface area contributed by atoms with E-state index < -0.39 is 21.9 Å².